The van der Waals surface area contributed by atoms with Crippen LogP contribution in [0, 0.1) is 17.2 Å². The van der Waals surface area contributed by atoms with E-state index in [1.165, 1.54) is 18.6 Å². The van der Waals surface area contributed by atoms with Gasteiger partial charge in [-0.05, 0) is 43.0 Å². The minimum atomic E-state index is -0.275. The van der Waals surface area contributed by atoms with E-state index in [0.717, 1.165) is 37.9 Å². The summed E-state index contributed by atoms with van der Waals surface area (Å²) in [5, 5.41) is 6.44. The van der Waals surface area contributed by atoms with Crippen LogP contribution < -0.4 is 10.6 Å². The molecule has 22 heavy (non-hydrogen) atoms. The van der Waals surface area contributed by atoms with Crippen molar-refractivity contribution in [3.05, 3.63) is 34.1 Å². The van der Waals surface area contributed by atoms with Crippen molar-refractivity contribution in [2.75, 3.05) is 13.1 Å². The number of nitrogens with one attached hydrogen (secondary N) is 2. The number of benzene rings is 1. The molecule has 1 amide bonds. The Morgan fingerprint density at radius 2 is 2.27 bits per heavy atom. The molecular weight excluding hydrogens is 371 g/mol. The summed E-state index contributed by atoms with van der Waals surface area (Å²) in [6.07, 6.45) is 4.47. The molecule has 122 valence electrons. The van der Waals surface area contributed by atoms with Crippen LogP contribution >= 0.6 is 28.3 Å². The summed E-state index contributed by atoms with van der Waals surface area (Å²) >= 11 is 3.34. The zero-order valence-electron chi connectivity index (χ0n) is 12.3. The molecule has 3 rings (SSSR count). The lowest BCUT2D eigenvalue weighted by Crippen LogP contribution is -2.47. The maximum atomic E-state index is 13.1. The Balaban J connectivity index is 0.00000176. The topological polar surface area (TPSA) is 41.1 Å². The van der Waals surface area contributed by atoms with Crippen molar-refractivity contribution in [2.45, 2.75) is 32.2 Å². The van der Waals surface area contributed by atoms with Gasteiger partial charge in [0, 0.05) is 17.6 Å². The predicted octanol–water partition coefficient (Wildman–Crippen LogP) is 3.41. The fourth-order valence-corrected chi connectivity index (χ4v) is 4.20. The van der Waals surface area contributed by atoms with Crippen molar-refractivity contribution < 1.29 is 9.18 Å². The molecule has 1 saturated carbocycles. The van der Waals surface area contributed by atoms with Gasteiger partial charge in [-0.3, -0.25) is 4.79 Å². The number of carbonyl (C=O) groups is 1. The third-order valence-corrected chi connectivity index (χ3v) is 5.68. The highest BCUT2D eigenvalue weighted by Gasteiger charge is 2.49. The molecule has 2 fully saturated rings. The van der Waals surface area contributed by atoms with Crippen molar-refractivity contribution in [3.8, 4) is 0 Å². The SMILES string of the molecule is Cl.O=C(NCc1ccc(F)cc1Br)[C@@]12CCCC[C@H]1CNC2. The average Bonchev–Trinajstić information content (AvgIpc) is 2.91. The van der Waals surface area contributed by atoms with Gasteiger partial charge in [0.2, 0.25) is 5.91 Å². The highest BCUT2D eigenvalue weighted by atomic mass is 79.9. The molecule has 1 heterocycles. The molecule has 3 nitrogen and oxygen atoms in total. The van der Waals surface area contributed by atoms with E-state index in [-0.39, 0.29) is 29.5 Å². The van der Waals surface area contributed by atoms with Gasteiger partial charge >= 0.3 is 0 Å². The third-order valence-electron chi connectivity index (χ3n) is 4.94. The second-order valence-electron chi connectivity index (χ2n) is 6.15. The number of carbonyl (C=O) groups excluding carboxylic acids is 1. The summed E-state index contributed by atoms with van der Waals surface area (Å²) in [6.45, 7) is 2.18. The molecular formula is C16H21BrClFN2O. The molecule has 1 aliphatic carbocycles. The first-order valence-corrected chi connectivity index (χ1v) is 8.34. The summed E-state index contributed by atoms with van der Waals surface area (Å²) < 4.78 is 13.8. The second-order valence-corrected chi connectivity index (χ2v) is 7.00. The number of hydrogen-bond acceptors (Lipinski definition) is 2. The standard InChI is InChI=1S/C16H20BrFN2O.ClH/c17-14-7-13(18)5-4-11(14)8-20-15(21)16-6-2-1-3-12(16)9-19-10-16;/h4-5,7,12,19H,1-3,6,8-10H2,(H,20,21);1H/t12-,16+;/m0./s1. The zero-order chi connectivity index (χ0) is 14.9. The van der Waals surface area contributed by atoms with Crippen molar-refractivity contribution in [1.29, 1.82) is 0 Å². The molecule has 6 heteroatoms. The fourth-order valence-electron chi connectivity index (χ4n) is 3.71. The van der Waals surface area contributed by atoms with Crippen molar-refractivity contribution in [3.63, 3.8) is 0 Å². The van der Waals surface area contributed by atoms with Crippen LogP contribution in [0.4, 0.5) is 4.39 Å². The summed E-state index contributed by atoms with van der Waals surface area (Å²) in [5.74, 6) is 0.333. The van der Waals surface area contributed by atoms with Gasteiger partial charge in [-0.15, -0.1) is 12.4 Å². The first-order chi connectivity index (χ1) is 10.1. The molecule has 1 aromatic rings. The monoisotopic (exact) mass is 390 g/mol. The van der Waals surface area contributed by atoms with Crippen LogP contribution in [0.15, 0.2) is 22.7 Å². The first-order valence-electron chi connectivity index (χ1n) is 7.55. The van der Waals surface area contributed by atoms with E-state index in [1.807, 2.05) is 0 Å². The molecule has 1 aromatic carbocycles. The lowest BCUT2D eigenvalue weighted by Gasteiger charge is -2.37. The van der Waals surface area contributed by atoms with Gasteiger partial charge in [0.15, 0.2) is 0 Å². The predicted molar refractivity (Wildman–Crippen MR) is 90.5 cm³/mol. The van der Waals surface area contributed by atoms with Crippen LogP contribution in [0.3, 0.4) is 0 Å². The van der Waals surface area contributed by atoms with E-state index in [0.29, 0.717) is 16.9 Å². The lowest BCUT2D eigenvalue weighted by atomic mass is 9.67. The van der Waals surface area contributed by atoms with Crippen LogP contribution in [0.25, 0.3) is 0 Å². The molecule has 2 N–H and O–H groups in total. The van der Waals surface area contributed by atoms with Crippen LogP contribution in [0.1, 0.15) is 31.2 Å². The van der Waals surface area contributed by atoms with Gasteiger partial charge in [-0.1, -0.05) is 34.8 Å². The van der Waals surface area contributed by atoms with Crippen LogP contribution in [-0.2, 0) is 11.3 Å². The minimum absolute atomic E-state index is 0. The highest BCUT2D eigenvalue weighted by Crippen LogP contribution is 2.43. The molecule has 2 aliphatic rings. The largest absolute Gasteiger partial charge is 0.351 e. The van der Waals surface area contributed by atoms with Crippen LogP contribution in [0.5, 0.6) is 0 Å². The third kappa shape index (κ3) is 3.31. The second kappa shape index (κ2) is 7.28. The fraction of sp³-hybridized carbons (Fsp3) is 0.562. The Kier molecular flexibility index (Phi) is 5.86. The molecule has 0 unspecified atom stereocenters. The number of hydrogen-bond donors (Lipinski definition) is 2. The Morgan fingerprint density at radius 1 is 1.45 bits per heavy atom. The van der Waals surface area contributed by atoms with Crippen LogP contribution in [-0.4, -0.2) is 19.0 Å². The van der Waals surface area contributed by atoms with Crippen LogP contribution in [0.2, 0.25) is 0 Å². The van der Waals surface area contributed by atoms with E-state index in [4.69, 9.17) is 0 Å². The molecule has 0 aromatic heterocycles. The Labute approximate surface area is 145 Å². The van der Waals surface area contributed by atoms with Crippen molar-refractivity contribution >= 4 is 34.2 Å². The van der Waals surface area contributed by atoms with E-state index in [2.05, 4.69) is 26.6 Å². The van der Waals surface area contributed by atoms with E-state index >= 15 is 0 Å². The van der Waals surface area contributed by atoms with Gasteiger partial charge in [-0.2, -0.15) is 0 Å². The quantitative estimate of drug-likeness (QED) is 0.829. The Morgan fingerprint density at radius 3 is 3.05 bits per heavy atom. The van der Waals surface area contributed by atoms with E-state index in [9.17, 15) is 9.18 Å². The Bertz CT molecular complexity index is 557. The lowest BCUT2D eigenvalue weighted by molar-refractivity contribution is -0.134. The number of fused-ring (bicyclic) bond motifs is 1. The molecule has 1 saturated heterocycles. The number of halogens is 3. The number of amides is 1. The maximum absolute atomic E-state index is 13.1. The highest BCUT2D eigenvalue weighted by molar-refractivity contribution is 9.10. The molecule has 0 radical (unpaired) electrons. The summed E-state index contributed by atoms with van der Waals surface area (Å²) in [7, 11) is 0. The first kappa shape index (κ1) is 17.7. The molecule has 1 aliphatic heterocycles. The van der Waals surface area contributed by atoms with Gasteiger partial charge in [0.05, 0.1) is 5.41 Å². The van der Waals surface area contributed by atoms with Gasteiger partial charge in [0.25, 0.3) is 0 Å². The average molecular weight is 392 g/mol. The molecule has 0 bridgehead atoms. The van der Waals surface area contributed by atoms with Crippen molar-refractivity contribution in [2.24, 2.45) is 11.3 Å². The number of rotatable bonds is 3. The van der Waals surface area contributed by atoms with Gasteiger partial charge in [-0.25, -0.2) is 4.39 Å². The summed E-state index contributed by atoms with van der Waals surface area (Å²) in [6, 6.07) is 4.56. The molecule has 0 spiro atoms. The normalized spacial score (nSPS) is 26.9. The van der Waals surface area contributed by atoms with Gasteiger partial charge < -0.3 is 10.6 Å². The van der Waals surface area contributed by atoms with Gasteiger partial charge in [0.1, 0.15) is 5.82 Å². The maximum Gasteiger partial charge on any atom is 0.228 e. The van der Waals surface area contributed by atoms with E-state index < -0.39 is 0 Å². The summed E-state index contributed by atoms with van der Waals surface area (Å²) in [4.78, 5) is 12.7. The Hall–Kier alpha value is -0.650. The van der Waals surface area contributed by atoms with E-state index in [1.54, 1.807) is 6.07 Å². The zero-order valence-corrected chi connectivity index (χ0v) is 14.7. The minimum Gasteiger partial charge on any atom is -0.351 e. The molecule has 2 atom stereocenters. The van der Waals surface area contributed by atoms with Crippen molar-refractivity contribution in [1.82, 2.24) is 10.6 Å². The smallest absolute Gasteiger partial charge is 0.228 e. The summed E-state index contributed by atoms with van der Waals surface area (Å²) in [5.41, 5.74) is 0.671.